The molecule has 1 fully saturated rings. The second-order valence-electron chi connectivity index (χ2n) is 6.15. The monoisotopic (exact) mass is 389 g/mol. The summed E-state index contributed by atoms with van der Waals surface area (Å²) in [5.41, 5.74) is 1.88. The van der Waals surface area contributed by atoms with Gasteiger partial charge in [-0.05, 0) is 29.8 Å². The van der Waals surface area contributed by atoms with Crippen molar-refractivity contribution in [2.75, 3.05) is 19.7 Å². The number of benzene rings is 2. The molecule has 0 amide bonds. The number of methoxy groups -OCH3 is 1. The molecule has 2 aliphatic rings. The Morgan fingerprint density at radius 3 is 2.89 bits per heavy atom. The van der Waals surface area contributed by atoms with Crippen LogP contribution in [0.2, 0.25) is 0 Å². The Hall–Kier alpha value is -2.58. The van der Waals surface area contributed by atoms with E-state index in [1.807, 2.05) is 30.3 Å². The van der Waals surface area contributed by atoms with Crippen molar-refractivity contribution >= 4 is 17.7 Å². The van der Waals surface area contributed by atoms with Gasteiger partial charge >= 0.3 is 5.97 Å². The summed E-state index contributed by atoms with van der Waals surface area (Å²) in [6.45, 7) is 0.536. The van der Waals surface area contributed by atoms with Crippen molar-refractivity contribution in [3.05, 3.63) is 47.5 Å². The summed E-state index contributed by atoms with van der Waals surface area (Å²) in [6, 6.07) is 10.7. The SMILES string of the molecule is COc1ccc([C@H]2N[C@H](C(=O)O)CS2)cc1COc1ccc2c(c1)OCO2. The molecule has 1 saturated heterocycles. The molecular weight excluding hydrogens is 370 g/mol. The van der Waals surface area contributed by atoms with E-state index in [4.69, 9.17) is 24.1 Å². The molecule has 2 N–H and O–H groups in total. The zero-order chi connectivity index (χ0) is 18.8. The Balaban J connectivity index is 1.49. The van der Waals surface area contributed by atoms with E-state index in [1.54, 1.807) is 24.9 Å². The fraction of sp³-hybridized carbons (Fsp3) is 0.316. The van der Waals surface area contributed by atoms with Gasteiger partial charge in [0.2, 0.25) is 6.79 Å². The third-order valence-electron chi connectivity index (χ3n) is 4.43. The Kier molecular flexibility index (Phi) is 5.00. The minimum Gasteiger partial charge on any atom is -0.496 e. The summed E-state index contributed by atoms with van der Waals surface area (Å²) in [7, 11) is 1.61. The van der Waals surface area contributed by atoms with E-state index in [0.29, 0.717) is 29.6 Å². The first-order chi connectivity index (χ1) is 13.1. The predicted octanol–water partition coefficient (Wildman–Crippen LogP) is 2.79. The molecule has 2 aliphatic heterocycles. The summed E-state index contributed by atoms with van der Waals surface area (Å²) in [5, 5.41) is 12.2. The summed E-state index contributed by atoms with van der Waals surface area (Å²) in [4.78, 5) is 11.2. The number of aliphatic carboxylic acids is 1. The van der Waals surface area contributed by atoms with Gasteiger partial charge in [0.1, 0.15) is 24.1 Å². The molecule has 7 nitrogen and oxygen atoms in total. The standard InChI is InChI=1S/C19H19NO6S/c1-23-15-4-2-11(18-20-14(9-27-18)19(21)22)6-12(15)8-24-13-3-5-16-17(7-13)26-10-25-16/h2-7,14,18,20H,8-10H2,1H3,(H,21,22)/t14-,18-/m0/s1. The van der Waals surface area contributed by atoms with Gasteiger partial charge in [-0.25, -0.2) is 0 Å². The lowest BCUT2D eigenvalue weighted by Gasteiger charge is -2.16. The smallest absolute Gasteiger partial charge is 0.321 e. The van der Waals surface area contributed by atoms with Gasteiger partial charge in [-0.15, -0.1) is 11.8 Å². The number of rotatable bonds is 6. The van der Waals surface area contributed by atoms with Crippen molar-refractivity contribution < 1.29 is 28.8 Å². The van der Waals surface area contributed by atoms with Gasteiger partial charge in [0.15, 0.2) is 11.5 Å². The van der Waals surface area contributed by atoms with Crippen molar-refractivity contribution in [1.82, 2.24) is 5.32 Å². The molecule has 2 aromatic carbocycles. The first-order valence-corrected chi connectivity index (χ1v) is 9.48. The summed E-state index contributed by atoms with van der Waals surface area (Å²) < 4.78 is 22.0. The van der Waals surface area contributed by atoms with Crippen LogP contribution in [0.15, 0.2) is 36.4 Å². The molecule has 27 heavy (non-hydrogen) atoms. The lowest BCUT2D eigenvalue weighted by atomic mass is 10.1. The number of carbonyl (C=O) groups is 1. The van der Waals surface area contributed by atoms with Gasteiger partial charge in [-0.2, -0.15) is 0 Å². The Bertz CT molecular complexity index is 858. The van der Waals surface area contributed by atoms with Gasteiger partial charge in [0.25, 0.3) is 0 Å². The van der Waals surface area contributed by atoms with Gasteiger partial charge < -0.3 is 24.1 Å². The quantitative estimate of drug-likeness (QED) is 0.780. The van der Waals surface area contributed by atoms with Gasteiger partial charge in [-0.1, -0.05) is 6.07 Å². The number of hydrogen-bond acceptors (Lipinski definition) is 7. The maximum atomic E-state index is 11.2. The Morgan fingerprint density at radius 2 is 2.11 bits per heavy atom. The average Bonchev–Trinajstić information content (AvgIpc) is 3.35. The molecule has 142 valence electrons. The predicted molar refractivity (Wildman–Crippen MR) is 99.6 cm³/mol. The molecule has 0 radical (unpaired) electrons. The minimum atomic E-state index is -0.829. The van der Waals surface area contributed by atoms with Crippen LogP contribution in [-0.4, -0.2) is 36.8 Å². The molecular formula is C19H19NO6S. The summed E-state index contributed by atoms with van der Waals surface area (Å²) >= 11 is 1.58. The normalized spacial score (nSPS) is 20.5. The lowest BCUT2D eigenvalue weighted by Crippen LogP contribution is -2.33. The lowest BCUT2D eigenvalue weighted by molar-refractivity contribution is -0.138. The van der Waals surface area contributed by atoms with Crippen molar-refractivity contribution in [3.8, 4) is 23.0 Å². The molecule has 0 aliphatic carbocycles. The third kappa shape index (κ3) is 3.77. The summed E-state index contributed by atoms with van der Waals surface area (Å²) in [6.07, 6.45) is 0. The maximum Gasteiger partial charge on any atom is 0.321 e. The van der Waals surface area contributed by atoms with Crippen molar-refractivity contribution in [1.29, 1.82) is 0 Å². The number of carboxylic acid groups (broad SMARTS) is 1. The number of fused-ring (bicyclic) bond motifs is 1. The van der Waals surface area contributed by atoms with E-state index in [0.717, 1.165) is 16.9 Å². The molecule has 0 unspecified atom stereocenters. The molecule has 0 bridgehead atoms. The number of hydrogen-bond donors (Lipinski definition) is 2. The number of carboxylic acids is 1. The second kappa shape index (κ2) is 7.58. The van der Waals surface area contributed by atoms with Crippen LogP contribution in [0.5, 0.6) is 23.0 Å². The zero-order valence-electron chi connectivity index (χ0n) is 14.6. The van der Waals surface area contributed by atoms with Crippen molar-refractivity contribution in [3.63, 3.8) is 0 Å². The highest BCUT2D eigenvalue weighted by molar-refractivity contribution is 7.99. The highest BCUT2D eigenvalue weighted by Gasteiger charge is 2.30. The Morgan fingerprint density at radius 1 is 1.26 bits per heavy atom. The molecule has 4 rings (SSSR count). The Labute approximate surface area is 160 Å². The van der Waals surface area contributed by atoms with Crippen LogP contribution in [0.25, 0.3) is 0 Å². The molecule has 2 atom stereocenters. The molecule has 8 heteroatoms. The van der Waals surface area contributed by atoms with Gasteiger partial charge in [-0.3, -0.25) is 10.1 Å². The zero-order valence-corrected chi connectivity index (χ0v) is 15.5. The van der Waals surface area contributed by atoms with Gasteiger partial charge in [0.05, 0.1) is 12.5 Å². The van der Waals surface area contributed by atoms with Crippen LogP contribution in [0.4, 0.5) is 0 Å². The number of ether oxygens (including phenoxy) is 4. The highest BCUT2D eigenvalue weighted by Crippen LogP contribution is 2.37. The first kappa shape index (κ1) is 17.8. The van der Waals surface area contributed by atoms with E-state index < -0.39 is 12.0 Å². The number of thioether (sulfide) groups is 1. The van der Waals surface area contributed by atoms with Crippen LogP contribution in [-0.2, 0) is 11.4 Å². The first-order valence-electron chi connectivity index (χ1n) is 8.44. The molecule has 2 heterocycles. The highest BCUT2D eigenvalue weighted by atomic mass is 32.2. The second-order valence-corrected chi connectivity index (χ2v) is 7.28. The van der Waals surface area contributed by atoms with E-state index in [9.17, 15) is 4.79 Å². The minimum absolute atomic E-state index is 0.0682. The van der Waals surface area contributed by atoms with Crippen molar-refractivity contribution in [2.24, 2.45) is 0 Å². The van der Waals surface area contributed by atoms with E-state index in [-0.39, 0.29) is 12.2 Å². The largest absolute Gasteiger partial charge is 0.496 e. The third-order valence-corrected chi connectivity index (χ3v) is 5.69. The summed E-state index contributed by atoms with van der Waals surface area (Å²) in [5.74, 6) is 2.47. The van der Waals surface area contributed by atoms with E-state index in [2.05, 4.69) is 5.32 Å². The molecule has 0 saturated carbocycles. The molecule has 0 aromatic heterocycles. The van der Waals surface area contributed by atoms with E-state index in [1.165, 1.54) is 0 Å². The molecule has 0 spiro atoms. The van der Waals surface area contributed by atoms with Crippen LogP contribution in [0, 0.1) is 0 Å². The topological polar surface area (TPSA) is 86.3 Å². The van der Waals surface area contributed by atoms with E-state index >= 15 is 0 Å². The van der Waals surface area contributed by atoms with Crippen LogP contribution >= 0.6 is 11.8 Å². The van der Waals surface area contributed by atoms with Crippen LogP contribution < -0.4 is 24.3 Å². The fourth-order valence-electron chi connectivity index (χ4n) is 3.01. The average molecular weight is 389 g/mol. The maximum absolute atomic E-state index is 11.2. The van der Waals surface area contributed by atoms with Crippen LogP contribution in [0.1, 0.15) is 16.5 Å². The van der Waals surface area contributed by atoms with Crippen LogP contribution in [0.3, 0.4) is 0 Å². The molecule has 2 aromatic rings. The van der Waals surface area contributed by atoms with Crippen molar-refractivity contribution in [2.45, 2.75) is 18.0 Å². The fourth-order valence-corrected chi connectivity index (χ4v) is 4.23. The van der Waals surface area contributed by atoms with Gasteiger partial charge in [0, 0.05) is 17.4 Å². The number of nitrogens with one attached hydrogen (secondary N) is 1.